The van der Waals surface area contributed by atoms with E-state index in [-0.39, 0.29) is 17.7 Å². The average Bonchev–Trinajstić information content (AvgIpc) is 3.51. The molecule has 0 spiro atoms. The van der Waals surface area contributed by atoms with Crippen molar-refractivity contribution in [3.63, 3.8) is 0 Å². The molecule has 2 amide bonds. The zero-order chi connectivity index (χ0) is 21.1. The van der Waals surface area contributed by atoms with Gasteiger partial charge in [-0.3, -0.25) is 14.6 Å². The maximum absolute atomic E-state index is 13.1. The largest absolute Gasteiger partial charge is 0.356 e. The second-order valence-corrected chi connectivity index (χ2v) is 8.90. The SMILES string of the molecule is CCNC(=O)C1(Cc2cccc(-c3cccnc3)c2)CCN(C(=O)[C@@H]2C[C@H]2C)CC1. The molecule has 30 heavy (non-hydrogen) atoms. The van der Waals surface area contributed by atoms with Gasteiger partial charge in [0.25, 0.3) is 0 Å². The van der Waals surface area contributed by atoms with Crippen molar-refractivity contribution >= 4 is 11.8 Å². The number of benzene rings is 1. The summed E-state index contributed by atoms with van der Waals surface area (Å²) in [6.45, 7) is 6.06. The third-order valence-electron chi connectivity index (χ3n) is 6.74. The molecule has 1 aromatic heterocycles. The minimum absolute atomic E-state index is 0.115. The summed E-state index contributed by atoms with van der Waals surface area (Å²) in [4.78, 5) is 32.0. The maximum Gasteiger partial charge on any atom is 0.226 e. The number of aromatic nitrogens is 1. The molecule has 1 aromatic carbocycles. The Bertz CT molecular complexity index is 904. The first-order chi connectivity index (χ1) is 14.5. The topological polar surface area (TPSA) is 62.3 Å². The fourth-order valence-corrected chi connectivity index (χ4v) is 4.67. The molecule has 1 N–H and O–H groups in total. The van der Waals surface area contributed by atoms with Crippen LogP contribution in [0.3, 0.4) is 0 Å². The van der Waals surface area contributed by atoms with E-state index in [4.69, 9.17) is 0 Å². The number of piperidine rings is 1. The predicted molar refractivity (Wildman–Crippen MR) is 118 cm³/mol. The third kappa shape index (κ3) is 4.25. The van der Waals surface area contributed by atoms with E-state index in [0.717, 1.165) is 23.1 Å². The second-order valence-electron chi connectivity index (χ2n) is 8.90. The zero-order valence-electron chi connectivity index (χ0n) is 17.9. The molecule has 1 aliphatic heterocycles. The first-order valence-electron chi connectivity index (χ1n) is 11.1. The van der Waals surface area contributed by atoms with Gasteiger partial charge in [0.1, 0.15) is 0 Å². The van der Waals surface area contributed by atoms with Gasteiger partial charge in [-0.15, -0.1) is 0 Å². The quantitative estimate of drug-likeness (QED) is 0.797. The molecule has 0 bridgehead atoms. The van der Waals surface area contributed by atoms with E-state index in [1.165, 1.54) is 0 Å². The Morgan fingerprint density at radius 2 is 1.90 bits per heavy atom. The number of nitrogens with one attached hydrogen (secondary N) is 1. The Labute approximate surface area is 178 Å². The molecule has 2 atom stereocenters. The lowest BCUT2D eigenvalue weighted by Gasteiger charge is -2.41. The zero-order valence-corrected chi connectivity index (χ0v) is 17.9. The molecule has 158 valence electrons. The number of likely N-dealkylation sites (tertiary alicyclic amines) is 1. The van der Waals surface area contributed by atoms with Crippen LogP contribution < -0.4 is 5.32 Å². The summed E-state index contributed by atoms with van der Waals surface area (Å²) in [6.07, 6.45) is 6.76. The van der Waals surface area contributed by atoms with E-state index in [1.807, 2.05) is 24.1 Å². The highest BCUT2D eigenvalue weighted by atomic mass is 16.2. The molecule has 4 rings (SSSR count). The summed E-state index contributed by atoms with van der Waals surface area (Å²) in [7, 11) is 0. The fraction of sp³-hybridized carbons (Fsp3) is 0.480. The molecule has 0 radical (unpaired) electrons. The lowest BCUT2D eigenvalue weighted by Crippen LogP contribution is -2.51. The lowest BCUT2D eigenvalue weighted by molar-refractivity contribution is -0.141. The molecule has 5 nitrogen and oxygen atoms in total. The molecular weight excluding hydrogens is 374 g/mol. The third-order valence-corrected chi connectivity index (χ3v) is 6.74. The number of carbonyl (C=O) groups excluding carboxylic acids is 2. The van der Waals surface area contributed by atoms with Gasteiger partial charge in [-0.05, 0) is 61.3 Å². The standard InChI is InChI=1S/C25H31N3O2/c1-3-27-24(30)25(9-12-28(13-10-25)23(29)22-14-18(22)2)16-19-6-4-7-20(15-19)21-8-5-11-26-17-21/h4-8,11,15,17-18,22H,3,9-10,12-14,16H2,1-2H3,(H,27,30)/t18-,22-/m1/s1. The van der Waals surface area contributed by atoms with E-state index >= 15 is 0 Å². The molecular formula is C25H31N3O2. The number of hydrogen-bond donors (Lipinski definition) is 1. The van der Waals surface area contributed by atoms with E-state index in [0.29, 0.717) is 44.8 Å². The number of carbonyl (C=O) groups is 2. The van der Waals surface area contributed by atoms with Gasteiger partial charge >= 0.3 is 0 Å². The van der Waals surface area contributed by atoms with Crippen LogP contribution in [-0.2, 0) is 16.0 Å². The van der Waals surface area contributed by atoms with E-state index in [9.17, 15) is 9.59 Å². The number of amides is 2. The first-order valence-corrected chi connectivity index (χ1v) is 11.1. The molecule has 2 aliphatic rings. The van der Waals surface area contributed by atoms with Crippen molar-refractivity contribution in [1.29, 1.82) is 0 Å². The van der Waals surface area contributed by atoms with Crippen LogP contribution in [0.1, 0.15) is 38.7 Å². The molecule has 1 saturated heterocycles. The highest BCUT2D eigenvalue weighted by Crippen LogP contribution is 2.42. The van der Waals surface area contributed by atoms with Gasteiger partial charge in [0, 0.05) is 37.9 Å². The second kappa shape index (κ2) is 8.58. The van der Waals surface area contributed by atoms with Crippen molar-refractivity contribution in [2.75, 3.05) is 19.6 Å². The predicted octanol–water partition coefficient (Wildman–Crippen LogP) is 3.69. The summed E-state index contributed by atoms with van der Waals surface area (Å²) in [5, 5.41) is 3.06. The molecule has 5 heteroatoms. The molecule has 2 fully saturated rings. The normalized spacial score (nSPS) is 22.4. The monoisotopic (exact) mass is 405 g/mol. The van der Waals surface area contributed by atoms with Crippen LogP contribution in [0.5, 0.6) is 0 Å². The first kappa shape index (κ1) is 20.6. The minimum Gasteiger partial charge on any atom is -0.356 e. The van der Waals surface area contributed by atoms with Gasteiger partial charge in [0.2, 0.25) is 11.8 Å². The molecule has 1 saturated carbocycles. The Kier molecular flexibility index (Phi) is 5.89. The summed E-state index contributed by atoms with van der Waals surface area (Å²) >= 11 is 0. The van der Waals surface area contributed by atoms with E-state index in [2.05, 4.69) is 47.6 Å². The Hall–Kier alpha value is -2.69. The van der Waals surface area contributed by atoms with E-state index in [1.54, 1.807) is 6.20 Å². The Balaban J connectivity index is 1.52. The molecule has 1 aliphatic carbocycles. The smallest absolute Gasteiger partial charge is 0.226 e. The van der Waals surface area contributed by atoms with Crippen LogP contribution in [0.15, 0.2) is 48.8 Å². The Morgan fingerprint density at radius 3 is 2.53 bits per heavy atom. The van der Waals surface area contributed by atoms with Crippen LogP contribution in [0.2, 0.25) is 0 Å². The van der Waals surface area contributed by atoms with Crippen LogP contribution in [0, 0.1) is 17.3 Å². The fourth-order valence-electron chi connectivity index (χ4n) is 4.67. The summed E-state index contributed by atoms with van der Waals surface area (Å²) in [5.74, 6) is 1.12. The number of rotatable bonds is 6. The number of nitrogens with zero attached hydrogens (tertiary/aromatic N) is 2. The highest BCUT2D eigenvalue weighted by molar-refractivity contribution is 5.85. The van der Waals surface area contributed by atoms with Gasteiger partial charge in [0.15, 0.2) is 0 Å². The molecule has 2 heterocycles. The van der Waals surface area contributed by atoms with Crippen molar-refractivity contribution in [1.82, 2.24) is 15.2 Å². The van der Waals surface area contributed by atoms with Crippen molar-refractivity contribution in [2.24, 2.45) is 17.3 Å². The highest BCUT2D eigenvalue weighted by Gasteiger charge is 2.46. The number of pyridine rings is 1. The van der Waals surface area contributed by atoms with Crippen molar-refractivity contribution in [2.45, 2.75) is 39.5 Å². The van der Waals surface area contributed by atoms with Gasteiger partial charge in [-0.2, -0.15) is 0 Å². The summed E-state index contributed by atoms with van der Waals surface area (Å²) < 4.78 is 0. The van der Waals surface area contributed by atoms with Crippen molar-refractivity contribution in [3.05, 3.63) is 54.4 Å². The van der Waals surface area contributed by atoms with Gasteiger partial charge < -0.3 is 10.2 Å². The van der Waals surface area contributed by atoms with E-state index < -0.39 is 5.41 Å². The molecule has 0 unspecified atom stereocenters. The summed E-state index contributed by atoms with van der Waals surface area (Å²) in [6, 6.07) is 12.4. The average molecular weight is 406 g/mol. The minimum atomic E-state index is -0.463. The molecule has 2 aromatic rings. The van der Waals surface area contributed by atoms with Gasteiger partial charge in [-0.1, -0.05) is 37.3 Å². The summed E-state index contributed by atoms with van der Waals surface area (Å²) in [5.41, 5.74) is 2.88. The van der Waals surface area contributed by atoms with Crippen LogP contribution in [-0.4, -0.2) is 41.3 Å². The van der Waals surface area contributed by atoms with Crippen LogP contribution in [0.4, 0.5) is 0 Å². The van der Waals surface area contributed by atoms with Crippen LogP contribution in [0.25, 0.3) is 11.1 Å². The van der Waals surface area contributed by atoms with Gasteiger partial charge in [0.05, 0.1) is 5.41 Å². The van der Waals surface area contributed by atoms with Crippen LogP contribution >= 0.6 is 0 Å². The maximum atomic E-state index is 13.1. The lowest BCUT2D eigenvalue weighted by atomic mass is 9.72. The Morgan fingerprint density at radius 1 is 1.17 bits per heavy atom. The number of hydrogen-bond acceptors (Lipinski definition) is 3. The van der Waals surface area contributed by atoms with Crippen molar-refractivity contribution < 1.29 is 9.59 Å². The van der Waals surface area contributed by atoms with Crippen molar-refractivity contribution in [3.8, 4) is 11.1 Å². The van der Waals surface area contributed by atoms with Gasteiger partial charge in [-0.25, -0.2) is 0 Å².